The highest BCUT2D eigenvalue weighted by Gasteiger charge is 2.17. The van der Waals surface area contributed by atoms with Gasteiger partial charge in [0, 0.05) is 16.1 Å². The van der Waals surface area contributed by atoms with Crippen molar-refractivity contribution in [2.75, 3.05) is 17.9 Å². The summed E-state index contributed by atoms with van der Waals surface area (Å²) in [6, 6.07) is 11.5. The number of aromatic nitrogens is 2. The highest BCUT2D eigenvalue weighted by molar-refractivity contribution is 7.99. The van der Waals surface area contributed by atoms with Gasteiger partial charge in [0.15, 0.2) is 11.5 Å². The minimum absolute atomic E-state index is 0.0519. The molecule has 1 aliphatic heterocycles. The van der Waals surface area contributed by atoms with E-state index < -0.39 is 5.76 Å². The van der Waals surface area contributed by atoms with Gasteiger partial charge in [-0.25, -0.2) is 0 Å². The molecule has 0 unspecified atom stereocenters. The normalized spacial score (nSPS) is 12.4. The van der Waals surface area contributed by atoms with Gasteiger partial charge in [-0.05, 0) is 42.5 Å². The molecule has 29 heavy (non-hydrogen) atoms. The highest BCUT2D eigenvalue weighted by Crippen LogP contribution is 2.36. The van der Waals surface area contributed by atoms with E-state index in [1.807, 2.05) is 0 Å². The maximum absolute atomic E-state index is 12.3. The minimum atomic E-state index is -2.48. The fourth-order valence-corrected chi connectivity index (χ4v) is 3.52. The third-order valence-electron chi connectivity index (χ3n) is 3.72. The van der Waals surface area contributed by atoms with Crippen molar-refractivity contribution >= 4 is 35.1 Å². The Morgan fingerprint density at radius 2 is 1.90 bits per heavy atom. The van der Waals surface area contributed by atoms with Crippen LogP contribution in [-0.2, 0) is 4.79 Å². The summed E-state index contributed by atoms with van der Waals surface area (Å²) in [4.78, 5) is 12.5. The van der Waals surface area contributed by atoms with Gasteiger partial charge in [-0.3, -0.25) is 4.79 Å². The predicted molar refractivity (Wildman–Crippen MR) is 104 cm³/mol. The Balaban J connectivity index is 1.31. The van der Waals surface area contributed by atoms with E-state index in [2.05, 4.69) is 15.5 Å². The molecule has 0 spiro atoms. The maximum atomic E-state index is 12.3. The third kappa shape index (κ3) is 4.98. The van der Waals surface area contributed by atoms with Gasteiger partial charge >= 0.3 is 0 Å². The summed E-state index contributed by atoms with van der Waals surface area (Å²) in [5.41, 5.74) is 1.20. The molecule has 1 aromatic heterocycles. The third-order valence-corrected chi connectivity index (χ3v) is 5.26. The minimum Gasteiger partial charge on any atom is -0.454 e. The van der Waals surface area contributed by atoms with E-state index >= 15 is 0 Å². The zero-order valence-electron chi connectivity index (χ0n) is 14.6. The smallest absolute Gasteiger partial charge is 0.288 e. The molecule has 0 atom stereocenters. The molecule has 1 aliphatic rings. The van der Waals surface area contributed by atoms with Crippen molar-refractivity contribution in [3.8, 4) is 23.0 Å². The second-order valence-corrected chi connectivity index (χ2v) is 7.67. The zero-order chi connectivity index (χ0) is 20.2. The Morgan fingerprint density at radius 1 is 1.10 bits per heavy atom. The summed E-state index contributed by atoms with van der Waals surface area (Å²) >= 11 is 1.54. The molecule has 0 aliphatic carbocycles. The van der Waals surface area contributed by atoms with Gasteiger partial charge in [-0.2, -0.15) is 8.78 Å². The molecule has 2 aromatic carbocycles. The number of nitrogens with one attached hydrogen (secondary N) is 1. The Labute approximate surface area is 172 Å². The fraction of sp³-hybridized carbons (Fsp3) is 0.167. The number of carbonyl (C=O) groups is 1. The lowest BCUT2D eigenvalue weighted by Crippen LogP contribution is -2.13. The number of rotatable bonds is 7. The molecular formula is C18H13F2N3O4S2. The van der Waals surface area contributed by atoms with Crippen molar-refractivity contribution in [2.45, 2.75) is 15.9 Å². The summed E-state index contributed by atoms with van der Waals surface area (Å²) in [5, 5.41) is 10.8. The van der Waals surface area contributed by atoms with Gasteiger partial charge in [-0.1, -0.05) is 23.5 Å². The first-order valence-electron chi connectivity index (χ1n) is 8.28. The zero-order valence-corrected chi connectivity index (χ0v) is 16.3. The first-order chi connectivity index (χ1) is 14.1. The van der Waals surface area contributed by atoms with Crippen LogP contribution in [0.4, 0.5) is 14.5 Å². The molecule has 0 fully saturated rings. The SMILES string of the molecule is O=C(CSc1nnc(-c2ccc3c(c2)OCO3)o1)Nc1ccc(SC(F)F)cc1. The number of thioether (sulfide) groups is 2. The monoisotopic (exact) mass is 437 g/mol. The number of nitrogens with zero attached hydrogens (tertiary/aromatic N) is 2. The van der Waals surface area contributed by atoms with Crippen molar-refractivity contribution in [1.82, 2.24) is 10.2 Å². The largest absolute Gasteiger partial charge is 0.454 e. The average Bonchev–Trinajstić information content (AvgIpc) is 3.36. The van der Waals surface area contributed by atoms with Crippen LogP contribution in [-0.4, -0.2) is 34.4 Å². The second kappa shape index (κ2) is 8.70. The number of fused-ring (bicyclic) bond motifs is 1. The Morgan fingerprint density at radius 3 is 2.69 bits per heavy atom. The van der Waals surface area contributed by atoms with Crippen molar-refractivity contribution in [2.24, 2.45) is 0 Å². The Kier molecular flexibility index (Phi) is 5.86. The number of benzene rings is 2. The molecule has 11 heteroatoms. The highest BCUT2D eigenvalue weighted by atomic mass is 32.2. The Hall–Kier alpha value is -2.79. The van der Waals surface area contributed by atoms with Crippen LogP contribution < -0.4 is 14.8 Å². The number of hydrogen-bond acceptors (Lipinski definition) is 8. The van der Waals surface area contributed by atoms with Gasteiger partial charge in [0.1, 0.15) is 0 Å². The number of alkyl halides is 2. The van der Waals surface area contributed by atoms with E-state index in [9.17, 15) is 13.6 Å². The standard InChI is InChI=1S/C18H13F2N3O4S2/c19-17(20)29-12-4-2-11(3-5-12)21-15(24)8-28-18-23-22-16(27-18)10-1-6-13-14(7-10)26-9-25-13/h1-7,17H,8-9H2,(H,21,24). The van der Waals surface area contributed by atoms with Crippen LogP contribution in [0.1, 0.15) is 0 Å². The molecule has 3 aromatic rings. The van der Waals surface area contributed by atoms with Gasteiger partial charge in [0.25, 0.3) is 11.0 Å². The van der Waals surface area contributed by atoms with Crippen molar-refractivity contribution < 1.29 is 27.5 Å². The molecule has 1 N–H and O–H groups in total. The summed E-state index contributed by atoms with van der Waals surface area (Å²) in [6.45, 7) is 0.173. The van der Waals surface area contributed by atoms with Gasteiger partial charge < -0.3 is 19.2 Å². The number of halogens is 2. The van der Waals surface area contributed by atoms with Crippen LogP contribution in [0.25, 0.3) is 11.5 Å². The van der Waals surface area contributed by atoms with Crippen LogP contribution in [0.3, 0.4) is 0 Å². The van der Waals surface area contributed by atoms with Gasteiger partial charge in [0.05, 0.1) is 5.75 Å². The molecule has 0 bridgehead atoms. The molecule has 0 saturated heterocycles. The molecule has 0 radical (unpaired) electrons. The second-order valence-electron chi connectivity index (χ2n) is 5.68. The van der Waals surface area contributed by atoms with Crippen LogP contribution >= 0.6 is 23.5 Å². The van der Waals surface area contributed by atoms with Crippen molar-refractivity contribution in [1.29, 1.82) is 0 Å². The average molecular weight is 437 g/mol. The van der Waals surface area contributed by atoms with E-state index in [4.69, 9.17) is 13.9 Å². The number of carbonyl (C=O) groups excluding carboxylic acids is 1. The fourth-order valence-electron chi connectivity index (χ4n) is 2.46. The number of ether oxygens (including phenoxy) is 2. The van der Waals surface area contributed by atoms with Crippen molar-refractivity contribution in [3.05, 3.63) is 42.5 Å². The van der Waals surface area contributed by atoms with E-state index in [1.165, 1.54) is 12.1 Å². The summed E-state index contributed by atoms with van der Waals surface area (Å²) < 4.78 is 40.8. The lowest BCUT2D eigenvalue weighted by atomic mass is 10.2. The van der Waals surface area contributed by atoms with Crippen LogP contribution in [0, 0.1) is 0 Å². The first kappa shape index (κ1) is 19.5. The molecule has 4 rings (SSSR count). The van der Waals surface area contributed by atoms with E-state index in [0.717, 1.165) is 11.8 Å². The van der Waals surface area contributed by atoms with Crippen molar-refractivity contribution in [3.63, 3.8) is 0 Å². The summed E-state index contributed by atoms with van der Waals surface area (Å²) in [5.74, 6) is -1.15. The summed E-state index contributed by atoms with van der Waals surface area (Å²) in [6.07, 6.45) is 0. The lowest BCUT2D eigenvalue weighted by Gasteiger charge is -2.05. The molecule has 1 amide bonds. The van der Waals surface area contributed by atoms with Crippen LogP contribution in [0.2, 0.25) is 0 Å². The lowest BCUT2D eigenvalue weighted by molar-refractivity contribution is -0.113. The Bertz CT molecular complexity index is 1010. The predicted octanol–water partition coefficient (Wildman–Crippen LogP) is 4.51. The van der Waals surface area contributed by atoms with Gasteiger partial charge in [0.2, 0.25) is 18.6 Å². The number of amides is 1. The van der Waals surface area contributed by atoms with Crippen LogP contribution in [0.5, 0.6) is 11.5 Å². The quantitative estimate of drug-likeness (QED) is 0.541. The number of anilines is 1. The molecular weight excluding hydrogens is 424 g/mol. The molecule has 2 heterocycles. The molecule has 0 saturated carbocycles. The van der Waals surface area contributed by atoms with E-state index in [-0.39, 0.29) is 23.7 Å². The maximum Gasteiger partial charge on any atom is 0.288 e. The summed E-state index contributed by atoms with van der Waals surface area (Å²) in [7, 11) is 0. The first-order valence-corrected chi connectivity index (χ1v) is 10.1. The number of hydrogen-bond donors (Lipinski definition) is 1. The van der Waals surface area contributed by atoms with Gasteiger partial charge in [-0.15, -0.1) is 10.2 Å². The van der Waals surface area contributed by atoms with E-state index in [1.54, 1.807) is 30.3 Å². The van der Waals surface area contributed by atoms with E-state index in [0.29, 0.717) is 45.3 Å². The molecule has 150 valence electrons. The topological polar surface area (TPSA) is 86.5 Å². The van der Waals surface area contributed by atoms with Crippen LogP contribution in [0.15, 0.2) is 57.0 Å². The molecule has 7 nitrogen and oxygen atoms in total.